The maximum Gasteiger partial charge on any atom is 0.165 e. The molecule has 0 aromatic heterocycles. The minimum atomic E-state index is -0.601. The Kier molecular flexibility index (Phi) is 5.30. The molecule has 0 aliphatic carbocycles. The van der Waals surface area contributed by atoms with Gasteiger partial charge in [0.1, 0.15) is 0 Å². The lowest BCUT2D eigenvalue weighted by atomic mass is 10.2. The molecule has 3 heteroatoms. The van der Waals surface area contributed by atoms with Gasteiger partial charge in [0.25, 0.3) is 0 Å². The summed E-state index contributed by atoms with van der Waals surface area (Å²) in [6, 6.07) is 20.5. The van der Waals surface area contributed by atoms with Crippen molar-refractivity contribution in [3.8, 4) is 0 Å². The highest BCUT2D eigenvalue weighted by molar-refractivity contribution is 5.17. The van der Waals surface area contributed by atoms with Gasteiger partial charge in [0, 0.05) is 13.1 Å². The fourth-order valence-electron chi connectivity index (χ4n) is 2.18. The first-order valence-electron chi connectivity index (χ1n) is 6.83. The third-order valence-electron chi connectivity index (χ3n) is 3.25. The normalized spacial score (nSPS) is 12.8. The summed E-state index contributed by atoms with van der Waals surface area (Å²) < 4.78 is 0. The van der Waals surface area contributed by atoms with Crippen LogP contribution in [0.4, 0.5) is 0 Å². The third-order valence-corrected chi connectivity index (χ3v) is 3.25. The molecule has 0 heterocycles. The average Bonchev–Trinajstić information content (AvgIpc) is 2.48. The zero-order chi connectivity index (χ0) is 14.4. The first-order chi connectivity index (χ1) is 9.66. The van der Waals surface area contributed by atoms with Crippen LogP contribution >= 0.6 is 0 Å². The van der Waals surface area contributed by atoms with Crippen molar-refractivity contribution in [3.63, 3.8) is 0 Å². The molecule has 0 fully saturated rings. The van der Waals surface area contributed by atoms with Crippen LogP contribution < -0.4 is 0 Å². The molecule has 1 atom stereocenters. The van der Waals surface area contributed by atoms with Crippen molar-refractivity contribution in [2.24, 2.45) is 0 Å². The molecular formula is C17H22N2O. The topological polar surface area (TPSA) is 26.7 Å². The van der Waals surface area contributed by atoms with Gasteiger partial charge in [-0.15, -0.1) is 0 Å². The third kappa shape index (κ3) is 4.17. The van der Waals surface area contributed by atoms with Gasteiger partial charge in [-0.3, -0.25) is 9.80 Å². The number of nitrogens with zero attached hydrogens (tertiary/aromatic N) is 2. The van der Waals surface area contributed by atoms with Gasteiger partial charge in [-0.2, -0.15) is 0 Å². The number of benzene rings is 2. The predicted molar refractivity (Wildman–Crippen MR) is 81.8 cm³/mol. The minimum Gasteiger partial charge on any atom is -0.365 e. The Bertz CT molecular complexity index is 457. The number of hydrogen-bond acceptors (Lipinski definition) is 3. The van der Waals surface area contributed by atoms with Gasteiger partial charge in [0.15, 0.2) is 6.35 Å². The van der Waals surface area contributed by atoms with Crippen LogP contribution in [-0.2, 0) is 13.1 Å². The van der Waals surface area contributed by atoms with Crippen LogP contribution in [0, 0.1) is 0 Å². The monoisotopic (exact) mass is 270 g/mol. The summed E-state index contributed by atoms with van der Waals surface area (Å²) in [7, 11) is 3.77. The summed E-state index contributed by atoms with van der Waals surface area (Å²) in [5.41, 5.74) is 2.40. The second kappa shape index (κ2) is 7.20. The van der Waals surface area contributed by atoms with Crippen LogP contribution in [0.1, 0.15) is 11.1 Å². The molecule has 0 amide bonds. The van der Waals surface area contributed by atoms with E-state index in [4.69, 9.17) is 0 Å². The Morgan fingerprint density at radius 3 is 1.55 bits per heavy atom. The molecule has 0 aliphatic heterocycles. The highest BCUT2D eigenvalue weighted by atomic mass is 16.3. The summed E-state index contributed by atoms with van der Waals surface area (Å²) >= 11 is 0. The standard InChI is InChI=1S/C17H22N2O/c1-18(2)17(20)19(13-15-9-5-3-6-10-15)14-16-11-7-4-8-12-16/h3-12,17,20H,13-14H2,1-2H3. The first-order valence-corrected chi connectivity index (χ1v) is 6.83. The van der Waals surface area contributed by atoms with E-state index in [0.717, 1.165) is 13.1 Å². The van der Waals surface area contributed by atoms with Crippen molar-refractivity contribution in [1.29, 1.82) is 0 Å². The number of rotatable bonds is 6. The molecule has 0 spiro atoms. The van der Waals surface area contributed by atoms with Gasteiger partial charge in [0.2, 0.25) is 0 Å². The largest absolute Gasteiger partial charge is 0.365 e. The van der Waals surface area contributed by atoms with Crippen molar-refractivity contribution in [2.45, 2.75) is 19.4 Å². The molecule has 0 radical (unpaired) electrons. The lowest BCUT2D eigenvalue weighted by Crippen LogP contribution is -2.44. The van der Waals surface area contributed by atoms with Crippen LogP contribution in [0.5, 0.6) is 0 Å². The highest BCUT2D eigenvalue weighted by Crippen LogP contribution is 2.13. The Hall–Kier alpha value is -1.68. The second-order valence-electron chi connectivity index (χ2n) is 5.19. The van der Waals surface area contributed by atoms with Gasteiger partial charge in [-0.25, -0.2) is 0 Å². The van der Waals surface area contributed by atoms with Crippen LogP contribution in [-0.4, -0.2) is 35.4 Å². The van der Waals surface area contributed by atoms with Crippen molar-refractivity contribution < 1.29 is 5.11 Å². The van der Waals surface area contributed by atoms with E-state index in [9.17, 15) is 5.11 Å². The zero-order valence-corrected chi connectivity index (χ0v) is 12.1. The predicted octanol–water partition coefficient (Wildman–Crippen LogP) is 2.53. The quantitative estimate of drug-likeness (QED) is 0.817. The van der Waals surface area contributed by atoms with Gasteiger partial charge in [-0.1, -0.05) is 60.7 Å². The summed E-state index contributed by atoms with van der Waals surface area (Å²) in [6.07, 6.45) is -0.601. The lowest BCUT2D eigenvalue weighted by molar-refractivity contribution is -0.0996. The van der Waals surface area contributed by atoms with Crippen molar-refractivity contribution in [3.05, 3.63) is 71.8 Å². The SMILES string of the molecule is CN(C)C(O)N(Cc1ccccc1)Cc1ccccc1. The van der Waals surface area contributed by atoms with Gasteiger partial charge in [0.05, 0.1) is 0 Å². The first kappa shape index (κ1) is 14.7. The molecule has 0 saturated heterocycles. The van der Waals surface area contributed by atoms with Crippen molar-refractivity contribution in [1.82, 2.24) is 9.80 Å². The molecule has 2 rings (SSSR count). The number of aliphatic hydroxyl groups is 1. The summed E-state index contributed by atoms with van der Waals surface area (Å²) in [5, 5.41) is 10.4. The van der Waals surface area contributed by atoms with E-state index in [1.807, 2.05) is 60.3 Å². The van der Waals surface area contributed by atoms with Crippen LogP contribution in [0.25, 0.3) is 0 Å². The van der Waals surface area contributed by atoms with Gasteiger partial charge < -0.3 is 5.11 Å². The molecule has 106 valence electrons. The fraction of sp³-hybridized carbons (Fsp3) is 0.294. The molecular weight excluding hydrogens is 248 g/mol. The van der Waals surface area contributed by atoms with Crippen molar-refractivity contribution >= 4 is 0 Å². The molecule has 20 heavy (non-hydrogen) atoms. The van der Waals surface area contributed by atoms with Crippen LogP contribution in [0.2, 0.25) is 0 Å². The van der Waals surface area contributed by atoms with E-state index in [1.165, 1.54) is 11.1 Å². The van der Waals surface area contributed by atoms with Crippen LogP contribution in [0.15, 0.2) is 60.7 Å². The molecule has 1 N–H and O–H groups in total. The summed E-state index contributed by atoms with van der Waals surface area (Å²) in [6.45, 7) is 1.43. The van der Waals surface area contributed by atoms with E-state index in [1.54, 1.807) is 0 Å². The number of aliphatic hydroxyl groups excluding tert-OH is 1. The molecule has 3 nitrogen and oxygen atoms in total. The zero-order valence-electron chi connectivity index (χ0n) is 12.1. The molecule has 0 aliphatic rings. The highest BCUT2D eigenvalue weighted by Gasteiger charge is 2.18. The molecule has 1 unspecified atom stereocenters. The maximum absolute atomic E-state index is 10.4. The Morgan fingerprint density at radius 1 is 0.800 bits per heavy atom. The lowest BCUT2D eigenvalue weighted by Gasteiger charge is -2.32. The minimum absolute atomic E-state index is 0.601. The Morgan fingerprint density at radius 2 is 1.20 bits per heavy atom. The summed E-state index contributed by atoms with van der Waals surface area (Å²) in [4.78, 5) is 3.86. The Balaban J connectivity index is 2.12. The maximum atomic E-state index is 10.4. The van der Waals surface area contributed by atoms with Crippen molar-refractivity contribution in [2.75, 3.05) is 14.1 Å². The fourth-order valence-corrected chi connectivity index (χ4v) is 2.18. The summed E-state index contributed by atoms with van der Waals surface area (Å²) in [5.74, 6) is 0. The second-order valence-corrected chi connectivity index (χ2v) is 5.19. The van der Waals surface area contributed by atoms with E-state index in [2.05, 4.69) is 24.3 Å². The average molecular weight is 270 g/mol. The molecule has 2 aromatic rings. The van der Waals surface area contributed by atoms with E-state index in [-0.39, 0.29) is 0 Å². The van der Waals surface area contributed by atoms with Gasteiger partial charge in [-0.05, 0) is 25.2 Å². The van der Waals surface area contributed by atoms with Gasteiger partial charge >= 0.3 is 0 Å². The van der Waals surface area contributed by atoms with E-state index >= 15 is 0 Å². The smallest absolute Gasteiger partial charge is 0.165 e. The van der Waals surface area contributed by atoms with Crippen LogP contribution in [0.3, 0.4) is 0 Å². The van der Waals surface area contributed by atoms with E-state index < -0.39 is 6.35 Å². The molecule has 0 bridgehead atoms. The Labute approximate surface area is 121 Å². The molecule has 0 saturated carbocycles. The molecule has 2 aromatic carbocycles. The number of hydrogen-bond donors (Lipinski definition) is 1. The van der Waals surface area contributed by atoms with E-state index in [0.29, 0.717) is 0 Å².